The average molecular weight is 184 g/mol. The van der Waals surface area contributed by atoms with Crippen molar-refractivity contribution in [2.24, 2.45) is 17.8 Å². The van der Waals surface area contributed by atoms with Gasteiger partial charge in [0.25, 0.3) is 0 Å². The molecule has 0 aromatic rings. The van der Waals surface area contributed by atoms with Crippen LogP contribution in [0.2, 0.25) is 0 Å². The van der Waals surface area contributed by atoms with Crippen LogP contribution in [0, 0.1) is 17.8 Å². The fourth-order valence-electron chi connectivity index (χ4n) is 1.72. The molecule has 1 rings (SSSR count). The van der Waals surface area contributed by atoms with E-state index in [0.29, 0.717) is 6.42 Å². The van der Waals surface area contributed by atoms with Crippen LogP contribution in [0.5, 0.6) is 0 Å². The van der Waals surface area contributed by atoms with Crippen molar-refractivity contribution in [3.63, 3.8) is 0 Å². The van der Waals surface area contributed by atoms with Gasteiger partial charge in [0.05, 0.1) is 11.8 Å². The number of carboxylic acid groups (broad SMARTS) is 2. The van der Waals surface area contributed by atoms with E-state index in [9.17, 15) is 9.59 Å². The number of carboxylic acids is 2. The van der Waals surface area contributed by atoms with Gasteiger partial charge >= 0.3 is 11.9 Å². The molecular weight excluding hydrogens is 172 g/mol. The molecule has 0 unspecified atom stereocenters. The Morgan fingerprint density at radius 3 is 2.31 bits per heavy atom. The van der Waals surface area contributed by atoms with Crippen LogP contribution in [0.3, 0.4) is 0 Å². The Bertz CT molecular complexity index is 256. The standard InChI is InChI=1S/C9H12O4/c1-5-3-2-4-6(8(10)11)7(5)9(12)13/h2-3,5-7H,4H2,1H3,(H,10,11)(H,12,13)/t5-,6+,7-/m1/s1. The molecule has 0 fully saturated rings. The third kappa shape index (κ3) is 1.88. The predicted octanol–water partition coefficient (Wildman–Crippen LogP) is 0.984. The smallest absolute Gasteiger partial charge is 0.307 e. The summed E-state index contributed by atoms with van der Waals surface area (Å²) in [4.78, 5) is 21.5. The van der Waals surface area contributed by atoms with Crippen LogP contribution < -0.4 is 0 Å². The van der Waals surface area contributed by atoms with Crippen molar-refractivity contribution in [3.05, 3.63) is 12.2 Å². The zero-order valence-electron chi connectivity index (χ0n) is 7.30. The number of carbonyl (C=O) groups is 2. The van der Waals surface area contributed by atoms with E-state index >= 15 is 0 Å². The van der Waals surface area contributed by atoms with E-state index in [2.05, 4.69) is 0 Å². The Hall–Kier alpha value is -1.32. The minimum absolute atomic E-state index is 0.202. The maximum Gasteiger partial charge on any atom is 0.307 e. The quantitative estimate of drug-likeness (QED) is 0.627. The number of hydrogen-bond donors (Lipinski definition) is 2. The maximum absolute atomic E-state index is 10.8. The number of hydrogen-bond acceptors (Lipinski definition) is 2. The summed E-state index contributed by atoms with van der Waals surface area (Å²) in [6.45, 7) is 1.73. The van der Waals surface area contributed by atoms with Crippen LogP contribution in [0.1, 0.15) is 13.3 Å². The highest BCUT2D eigenvalue weighted by molar-refractivity contribution is 5.81. The van der Waals surface area contributed by atoms with Crippen molar-refractivity contribution in [2.45, 2.75) is 13.3 Å². The van der Waals surface area contributed by atoms with Gasteiger partial charge in [-0.25, -0.2) is 0 Å². The second-order valence-corrected chi connectivity index (χ2v) is 3.33. The van der Waals surface area contributed by atoms with Gasteiger partial charge in [0.15, 0.2) is 0 Å². The summed E-state index contributed by atoms with van der Waals surface area (Å²) < 4.78 is 0. The minimum atomic E-state index is -1.02. The van der Waals surface area contributed by atoms with Crippen LogP contribution in [0.15, 0.2) is 12.2 Å². The SMILES string of the molecule is C[C@@H]1C=CC[C@H](C(=O)O)[C@@H]1C(=O)O. The first kappa shape index (κ1) is 9.77. The molecule has 0 aliphatic heterocycles. The lowest BCUT2D eigenvalue weighted by molar-refractivity contribution is -0.155. The van der Waals surface area contributed by atoms with Crippen LogP contribution in [-0.2, 0) is 9.59 Å². The van der Waals surface area contributed by atoms with E-state index in [1.165, 1.54) is 0 Å². The van der Waals surface area contributed by atoms with E-state index in [1.54, 1.807) is 19.1 Å². The van der Waals surface area contributed by atoms with Crippen molar-refractivity contribution in [1.82, 2.24) is 0 Å². The Labute approximate surface area is 75.9 Å². The maximum atomic E-state index is 10.8. The van der Waals surface area contributed by atoms with E-state index < -0.39 is 23.8 Å². The first-order valence-electron chi connectivity index (χ1n) is 4.16. The lowest BCUT2D eigenvalue weighted by Gasteiger charge is -2.26. The zero-order chi connectivity index (χ0) is 10.0. The van der Waals surface area contributed by atoms with Crippen LogP contribution in [-0.4, -0.2) is 22.2 Å². The van der Waals surface area contributed by atoms with E-state index in [4.69, 9.17) is 10.2 Å². The molecule has 4 nitrogen and oxygen atoms in total. The van der Waals surface area contributed by atoms with Crippen molar-refractivity contribution in [1.29, 1.82) is 0 Å². The van der Waals surface area contributed by atoms with E-state index in [1.807, 2.05) is 0 Å². The molecule has 0 radical (unpaired) electrons. The normalized spacial score (nSPS) is 32.8. The zero-order valence-corrected chi connectivity index (χ0v) is 7.30. The summed E-state index contributed by atoms with van der Waals surface area (Å²) in [5.74, 6) is -3.82. The molecule has 0 aromatic carbocycles. The monoisotopic (exact) mass is 184 g/mol. The largest absolute Gasteiger partial charge is 0.481 e. The highest BCUT2D eigenvalue weighted by atomic mass is 16.4. The number of allylic oxidation sites excluding steroid dienone is 2. The minimum Gasteiger partial charge on any atom is -0.481 e. The fraction of sp³-hybridized carbons (Fsp3) is 0.556. The van der Waals surface area contributed by atoms with Crippen molar-refractivity contribution >= 4 is 11.9 Å². The highest BCUT2D eigenvalue weighted by Crippen LogP contribution is 2.30. The fourth-order valence-corrected chi connectivity index (χ4v) is 1.72. The lowest BCUT2D eigenvalue weighted by atomic mass is 9.77. The number of rotatable bonds is 2. The molecule has 72 valence electrons. The van der Waals surface area contributed by atoms with Gasteiger partial charge in [-0.2, -0.15) is 0 Å². The molecular formula is C9H12O4. The van der Waals surface area contributed by atoms with Gasteiger partial charge in [0.1, 0.15) is 0 Å². The Balaban J connectivity index is 2.89. The molecule has 0 spiro atoms. The van der Waals surface area contributed by atoms with E-state index in [-0.39, 0.29) is 5.92 Å². The molecule has 13 heavy (non-hydrogen) atoms. The van der Waals surface area contributed by atoms with Gasteiger partial charge in [-0.3, -0.25) is 9.59 Å². The molecule has 0 heterocycles. The summed E-state index contributed by atoms with van der Waals surface area (Å²) in [7, 11) is 0. The Morgan fingerprint density at radius 2 is 1.92 bits per heavy atom. The van der Waals surface area contributed by atoms with E-state index in [0.717, 1.165) is 0 Å². The lowest BCUT2D eigenvalue weighted by Crippen LogP contribution is -2.35. The first-order valence-corrected chi connectivity index (χ1v) is 4.16. The van der Waals surface area contributed by atoms with Gasteiger partial charge in [0.2, 0.25) is 0 Å². The topological polar surface area (TPSA) is 74.6 Å². The molecule has 3 atom stereocenters. The summed E-state index contributed by atoms with van der Waals surface area (Å²) in [6.07, 6.45) is 3.82. The second-order valence-electron chi connectivity index (χ2n) is 3.33. The molecule has 0 aromatic heterocycles. The third-order valence-corrected chi connectivity index (χ3v) is 2.43. The molecule has 0 saturated heterocycles. The highest BCUT2D eigenvalue weighted by Gasteiger charge is 2.37. The van der Waals surface area contributed by atoms with Gasteiger partial charge in [-0.15, -0.1) is 0 Å². The van der Waals surface area contributed by atoms with Crippen molar-refractivity contribution < 1.29 is 19.8 Å². The first-order chi connectivity index (χ1) is 6.04. The summed E-state index contributed by atoms with van der Waals surface area (Å²) in [6, 6.07) is 0. The molecule has 1 aliphatic rings. The third-order valence-electron chi connectivity index (χ3n) is 2.43. The van der Waals surface area contributed by atoms with Crippen molar-refractivity contribution in [3.8, 4) is 0 Å². The summed E-state index contributed by atoms with van der Waals surface area (Å²) >= 11 is 0. The average Bonchev–Trinajstić information content (AvgIpc) is 2.02. The van der Waals surface area contributed by atoms with Crippen LogP contribution in [0.25, 0.3) is 0 Å². The van der Waals surface area contributed by atoms with Gasteiger partial charge in [-0.05, 0) is 12.3 Å². The Kier molecular flexibility index (Phi) is 2.70. The molecule has 0 bridgehead atoms. The van der Waals surface area contributed by atoms with Gasteiger partial charge in [-0.1, -0.05) is 19.1 Å². The second kappa shape index (κ2) is 3.60. The molecule has 1 aliphatic carbocycles. The summed E-state index contributed by atoms with van der Waals surface area (Å²) in [5.41, 5.74) is 0. The molecule has 2 N–H and O–H groups in total. The van der Waals surface area contributed by atoms with Crippen LogP contribution >= 0.6 is 0 Å². The summed E-state index contributed by atoms with van der Waals surface area (Å²) in [5, 5.41) is 17.6. The number of aliphatic carboxylic acids is 2. The van der Waals surface area contributed by atoms with Crippen LogP contribution in [0.4, 0.5) is 0 Å². The van der Waals surface area contributed by atoms with Gasteiger partial charge in [0, 0.05) is 0 Å². The van der Waals surface area contributed by atoms with Crippen molar-refractivity contribution in [2.75, 3.05) is 0 Å². The molecule has 0 saturated carbocycles. The molecule has 0 amide bonds. The molecule has 4 heteroatoms. The predicted molar refractivity (Wildman–Crippen MR) is 45.2 cm³/mol. The Morgan fingerprint density at radius 1 is 1.31 bits per heavy atom. The van der Waals surface area contributed by atoms with Gasteiger partial charge < -0.3 is 10.2 Å².